The van der Waals surface area contributed by atoms with Gasteiger partial charge >= 0.3 is 0 Å². The smallest absolute Gasteiger partial charge is 0.226 e. The highest BCUT2D eigenvalue weighted by atomic mass is 16.5. The molecule has 2 aromatic carbocycles. The Bertz CT molecular complexity index is 922. The number of carbonyl (C=O) groups is 2. The molecule has 0 bridgehead atoms. The van der Waals surface area contributed by atoms with Crippen molar-refractivity contribution >= 4 is 23.2 Å². The molecule has 184 valence electrons. The Morgan fingerprint density at radius 2 is 1.62 bits per heavy atom. The molecule has 3 rings (SSSR count). The van der Waals surface area contributed by atoms with E-state index in [9.17, 15) is 9.59 Å². The number of nitrogens with one attached hydrogen (secondary N) is 1. The van der Waals surface area contributed by atoms with E-state index in [1.54, 1.807) is 7.11 Å². The van der Waals surface area contributed by atoms with Crippen LogP contribution < -0.4 is 15.0 Å². The zero-order valence-corrected chi connectivity index (χ0v) is 20.9. The van der Waals surface area contributed by atoms with Crippen molar-refractivity contribution in [3.63, 3.8) is 0 Å². The van der Waals surface area contributed by atoms with Crippen LogP contribution in [0.25, 0.3) is 0 Å². The first-order valence-electron chi connectivity index (χ1n) is 12.2. The van der Waals surface area contributed by atoms with Crippen LogP contribution in [0.1, 0.15) is 32.8 Å². The van der Waals surface area contributed by atoms with Crippen molar-refractivity contribution in [1.82, 2.24) is 9.80 Å². The molecule has 1 heterocycles. The minimum absolute atomic E-state index is 0.0499. The first kappa shape index (κ1) is 25.7. The van der Waals surface area contributed by atoms with Gasteiger partial charge in [0.1, 0.15) is 5.75 Å². The molecule has 1 N–H and O–H groups in total. The Kier molecular flexibility index (Phi) is 9.48. The first-order chi connectivity index (χ1) is 16.4. The van der Waals surface area contributed by atoms with Crippen molar-refractivity contribution in [3.05, 3.63) is 54.1 Å². The summed E-state index contributed by atoms with van der Waals surface area (Å²) in [5, 5.41) is 2.81. The van der Waals surface area contributed by atoms with Gasteiger partial charge in [0.05, 0.1) is 7.11 Å². The molecule has 1 atom stereocenters. The number of benzene rings is 2. The van der Waals surface area contributed by atoms with E-state index >= 15 is 0 Å². The van der Waals surface area contributed by atoms with Crippen LogP contribution in [0.5, 0.6) is 5.75 Å². The lowest BCUT2D eigenvalue weighted by Gasteiger charge is -2.38. The Hall–Kier alpha value is -2.90. The molecule has 34 heavy (non-hydrogen) atoms. The summed E-state index contributed by atoms with van der Waals surface area (Å²) >= 11 is 0. The topological polar surface area (TPSA) is 65.1 Å². The predicted molar refractivity (Wildman–Crippen MR) is 138 cm³/mol. The zero-order valence-electron chi connectivity index (χ0n) is 20.9. The van der Waals surface area contributed by atoms with E-state index < -0.39 is 0 Å². The monoisotopic (exact) mass is 466 g/mol. The third-order valence-electron chi connectivity index (χ3n) is 6.34. The number of carbonyl (C=O) groups excluding carboxylic acids is 2. The van der Waals surface area contributed by atoms with Crippen LogP contribution >= 0.6 is 0 Å². The van der Waals surface area contributed by atoms with Gasteiger partial charge < -0.3 is 19.9 Å². The molecule has 1 unspecified atom stereocenters. The van der Waals surface area contributed by atoms with Gasteiger partial charge in [-0.1, -0.05) is 19.1 Å². The maximum atomic E-state index is 12.7. The Balaban J connectivity index is 1.48. The van der Waals surface area contributed by atoms with Crippen LogP contribution in [0.15, 0.2) is 48.5 Å². The third kappa shape index (κ3) is 7.30. The largest absolute Gasteiger partial charge is 0.497 e. The van der Waals surface area contributed by atoms with Crippen LogP contribution in [-0.4, -0.2) is 74.0 Å². The van der Waals surface area contributed by atoms with E-state index in [-0.39, 0.29) is 17.9 Å². The van der Waals surface area contributed by atoms with Gasteiger partial charge in [-0.25, -0.2) is 0 Å². The molecular weight excluding hydrogens is 428 g/mol. The molecule has 7 heteroatoms. The normalized spacial score (nSPS) is 15.5. The molecule has 1 fully saturated rings. The number of anilines is 2. The van der Waals surface area contributed by atoms with E-state index in [4.69, 9.17) is 4.74 Å². The number of ether oxygens (including phenoxy) is 1. The van der Waals surface area contributed by atoms with Crippen molar-refractivity contribution in [2.45, 2.75) is 39.7 Å². The number of hydrogen-bond donors (Lipinski definition) is 1. The van der Waals surface area contributed by atoms with Crippen LogP contribution in [-0.2, 0) is 16.0 Å². The second kappa shape index (κ2) is 12.5. The summed E-state index contributed by atoms with van der Waals surface area (Å²) in [5.74, 6) is 0.882. The highest BCUT2D eigenvalue weighted by Crippen LogP contribution is 2.23. The molecule has 0 aromatic heterocycles. The number of hydrogen-bond acceptors (Lipinski definition) is 5. The number of methoxy groups -OCH3 is 1. The summed E-state index contributed by atoms with van der Waals surface area (Å²) in [5.41, 5.74) is 3.03. The SMILES string of the molecule is CCC(=O)N(c1ccc(OC)cc1)C(C)CN1CCN(CCc2ccc(NC(C)=O)cc2)CC1. The molecule has 0 aliphatic carbocycles. The maximum absolute atomic E-state index is 12.7. The summed E-state index contributed by atoms with van der Waals surface area (Å²) in [6.07, 6.45) is 1.48. The fourth-order valence-corrected chi connectivity index (χ4v) is 4.45. The Labute approximate surface area is 203 Å². The second-order valence-electron chi connectivity index (χ2n) is 8.93. The standard InChI is InChI=1S/C27H38N4O3/c1-5-27(33)31(25-10-12-26(34-4)13-11-25)21(2)20-30-18-16-29(17-19-30)15-14-23-6-8-24(9-7-23)28-22(3)32/h6-13,21H,5,14-20H2,1-4H3,(H,28,32). The van der Waals surface area contributed by atoms with Crippen molar-refractivity contribution < 1.29 is 14.3 Å². The number of piperazine rings is 1. The average Bonchev–Trinajstić information content (AvgIpc) is 2.84. The van der Waals surface area contributed by atoms with Crippen LogP contribution in [0.4, 0.5) is 11.4 Å². The second-order valence-corrected chi connectivity index (χ2v) is 8.93. The molecule has 1 aliphatic heterocycles. The van der Waals surface area contributed by atoms with Gasteiger partial charge in [-0.15, -0.1) is 0 Å². The highest BCUT2D eigenvalue weighted by Gasteiger charge is 2.25. The lowest BCUT2D eigenvalue weighted by atomic mass is 10.1. The molecule has 7 nitrogen and oxygen atoms in total. The third-order valence-corrected chi connectivity index (χ3v) is 6.34. The lowest BCUT2D eigenvalue weighted by Crippen LogP contribution is -2.52. The molecule has 0 saturated carbocycles. The van der Waals surface area contributed by atoms with Gasteiger partial charge in [0.2, 0.25) is 11.8 Å². The van der Waals surface area contributed by atoms with E-state index in [1.165, 1.54) is 12.5 Å². The molecule has 1 aliphatic rings. The van der Waals surface area contributed by atoms with Gasteiger partial charge in [0.15, 0.2) is 0 Å². The van der Waals surface area contributed by atoms with Gasteiger partial charge in [-0.05, 0) is 55.3 Å². The quantitative estimate of drug-likeness (QED) is 0.579. The molecule has 2 aromatic rings. The summed E-state index contributed by atoms with van der Waals surface area (Å²) in [6, 6.07) is 15.9. The minimum Gasteiger partial charge on any atom is -0.497 e. The fourth-order valence-electron chi connectivity index (χ4n) is 4.45. The van der Waals surface area contributed by atoms with Crippen molar-refractivity contribution in [2.24, 2.45) is 0 Å². The summed E-state index contributed by atoms with van der Waals surface area (Å²) in [7, 11) is 1.65. The zero-order chi connectivity index (χ0) is 24.5. The number of rotatable bonds is 10. The Morgan fingerprint density at radius 1 is 1.00 bits per heavy atom. The van der Waals surface area contributed by atoms with E-state index in [1.807, 2.05) is 48.2 Å². The minimum atomic E-state index is -0.0499. The van der Waals surface area contributed by atoms with Crippen LogP contribution in [0.3, 0.4) is 0 Å². The van der Waals surface area contributed by atoms with Crippen LogP contribution in [0.2, 0.25) is 0 Å². The molecule has 2 amide bonds. The molecule has 1 saturated heterocycles. The van der Waals surface area contributed by atoms with Gasteiger partial charge in [-0.2, -0.15) is 0 Å². The first-order valence-corrected chi connectivity index (χ1v) is 12.2. The highest BCUT2D eigenvalue weighted by molar-refractivity contribution is 5.93. The van der Waals surface area contributed by atoms with Gasteiger partial charge in [0, 0.05) is 70.0 Å². The predicted octanol–water partition coefficient (Wildman–Crippen LogP) is 3.65. The lowest BCUT2D eigenvalue weighted by molar-refractivity contribution is -0.119. The average molecular weight is 467 g/mol. The number of amides is 2. The van der Waals surface area contributed by atoms with Crippen molar-refractivity contribution in [3.8, 4) is 5.75 Å². The maximum Gasteiger partial charge on any atom is 0.226 e. The fraction of sp³-hybridized carbons (Fsp3) is 0.481. The Morgan fingerprint density at radius 3 is 2.18 bits per heavy atom. The van der Waals surface area contributed by atoms with Crippen molar-refractivity contribution in [2.75, 3.05) is 56.6 Å². The molecular formula is C27H38N4O3. The number of nitrogens with zero attached hydrogens (tertiary/aromatic N) is 3. The summed E-state index contributed by atoms with van der Waals surface area (Å²) in [4.78, 5) is 30.8. The van der Waals surface area contributed by atoms with E-state index in [0.29, 0.717) is 6.42 Å². The van der Waals surface area contributed by atoms with Gasteiger partial charge in [-0.3, -0.25) is 14.5 Å². The van der Waals surface area contributed by atoms with Crippen molar-refractivity contribution in [1.29, 1.82) is 0 Å². The van der Waals surface area contributed by atoms with E-state index in [0.717, 1.165) is 62.8 Å². The van der Waals surface area contributed by atoms with Gasteiger partial charge in [0.25, 0.3) is 0 Å². The summed E-state index contributed by atoms with van der Waals surface area (Å²) < 4.78 is 5.26. The van der Waals surface area contributed by atoms with Crippen LogP contribution in [0, 0.1) is 0 Å². The summed E-state index contributed by atoms with van der Waals surface area (Å²) in [6.45, 7) is 11.5. The molecule has 0 spiro atoms. The molecule has 0 radical (unpaired) electrons. The van der Waals surface area contributed by atoms with E-state index in [2.05, 4.69) is 34.2 Å².